The highest BCUT2D eigenvalue weighted by atomic mass is 16.2. The average molecular weight is 349 g/mol. The molecule has 0 aromatic carbocycles. The first kappa shape index (κ1) is 18.7. The summed E-state index contributed by atoms with van der Waals surface area (Å²) < 4.78 is 0. The topological polar surface area (TPSA) is 40.6 Å². The first-order chi connectivity index (χ1) is 11.9. The normalized spacial score (nSPS) is 26.9. The van der Waals surface area contributed by atoms with E-state index in [1.165, 1.54) is 38.5 Å². The van der Waals surface area contributed by atoms with Crippen molar-refractivity contribution in [1.82, 2.24) is 9.80 Å². The Hall–Kier alpha value is -1.06. The molecular formula is C21H36N2O2. The number of nitrogens with zero attached hydrogens (tertiary/aromatic N) is 2. The molecule has 0 spiro atoms. The Kier molecular flexibility index (Phi) is 5.75. The van der Waals surface area contributed by atoms with Gasteiger partial charge in [-0.3, -0.25) is 9.59 Å². The summed E-state index contributed by atoms with van der Waals surface area (Å²) in [4.78, 5) is 30.2. The lowest BCUT2D eigenvalue weighted by Crippen LogP contribution is -2.51. The molecule has 2 saturated carbocycles. The van der Waals surface area contributed by atoms with Gasteiger partial charge >= 0.3 is 0 Å². The summed E-state index contributed by atoms with van der Waals surface area (Å²) in [6.07, 6.45) is 12.7. The van der Waals surface area contributed by atoms with Gasteiger partial charge in [0.25, 0.3) is 0 Å². The molecule has 2 aliphatic carbocycles. The minimum Gasteiger partial charge on any atom is -0.337 e. The van der Waals surface area contributed by atoms with Gasteiger partial charge < -0.3 is 9.80 Å². The van der Waals surface area contributed by atoms with Crippen molar-refractivity contribution in [1.29, 1.82) is 0 Å². The third-order valence-electron chi connectivity index (χ3n) is 6.47. The van der Waals surface area contributed by atoms with Crippen LogP contribution in [0.15, 0.2) is 0 Å². The van der Waals surface area contributed by atoms with E-state index in [0.29, 0.717) is 25.0 Å². The van der Waals surface area contributed by atoms with Gasteiger partial charge in [-0.1, -0.05) is 38.5 Å². The first-order valence-corrected chi connectivity index (χ1v) is 10.5. The second kappa shape index (κ2) is 7.67. The molecule has 1 saturated heterocycles. The molecule has 3 fully saturated rings. The number of rotatable bonds is 3. The molecule has 0 N–H and O–H groups in total. The molecule has 25 heavy (non-hydrogen) atoms. The summed E-state index contributed by atoms with van der Waals surface area (Å²) in [5.74, 6) is 0.299. The molecule has 3 rings (SSSR count). The second-order valence-electron chi connectivity index (χ2n) is 9.41. The number of hydrogen-bond acceptors (Lipinski definition) is 2. The molecule has 3 aliphatic rings. The fourth-order valence-electron chi connectivity index (χ4n) is 5.11. The zero-order valence-electron chi connectivity index (χ0n) is 16.4. The van der Waals surface area contributed by atoms with E-state index in [9.17, 15) is 9.59 Å². The Morgan fingerprint density at radius 2 is 1.40 bits per heavy atom. The fraction of sp³-hybridized carbons (Fsp3) is 0.905. The number of amides is 2. The van der Waals surface area contributed by atoms with Crippen LogP contribution >= 0.6 is 0 Å². The van der Waals surface area contributed by atoms with Crippen LogP contribution in [0.3, 0.4) is 0 Å². The minimum absolute atomic E-state index is 0.129. The molecule has 0 bridgehead atoms. The molecule has 1 heterocycles. The molecule has 2 amide bonds. The van der Waals surface area contributed by atoms with Gasteiger partial charge in [0.2, 0.25) is 11.8 Å². The molecule has 1 aliphatic heterocycles. The molecule has 142 valence electrons. The zero-order chi connectivity index (χ0) is 18.0. The van der Waals surface area contributed by atoms with Crippen molar-refractivity contribution in [2.75, 3.05) is 6.54 Å². The molecule has 4 nitrogen and oxygen atoms in total. The van der Waals surface area contributed by atoms with Crippen molar-refractivity contribution < 1.29 is 9.59 Å². The Labute approximate surface area is 153 Å². The first-order valence-electron chi connectivity index (χ1n) is 10.5. The molecule has 4 heteroatoms. The Morgan fingerprint density at radius 1 is 0.920 bits per heavy atom. The standard InChI is InChI=1S/C21H36N2O2/c1-21(2,3)22-15-16(14-19(22)24)20(25)23(17-10-6-4-7-11-17)18-12-8-5-9-13-18/h16-18H,4-15H2,1-3H3. The maximum Gasteiger partial charge on any atom is 0.228 e. The predicted molar refractivity (Wildman–Crippen MR) is 100 cm³/mol. The van der Waals surface area contributed by atoms with Crippen LogP contribution in [-0.4, -0.2) is 45.8 Å². The lowest BCUT2D eigenvalue weighted by atomic mass is 9.87. The van der Waals surface area contributed by atoms with Crippen LogP contribution in [0.2, 0.25) is 0 Å². The summed E-state index contributed by atoms with van der Waals surface area (Å²) in [6, 6.07) is 0.839. The summed E-state index contributed by atoms with van der Waals surface area (Å²) in [5.41, 5.74) is -0.188. The molecule has 0 aromatic heterocycles. The van der Waals surface area contributed by atoms with Crippen LogP contribution in [-0.2, 0) is 9.59 Å². The molecule has 1 atom stereocenters. The highest BCUT2D eigenvalue weighted by Crippen LogP contribution is 2.34. The summed E-state index contributed by atoms with van der Waals surface area (Å²) in [6.45, 7) is 6.81. The van der Waals surface area contributed by atoms with Crippen molar-refractivity contribution in [2.45, 2.75) is 109 Å². The van der Waals surface area contributed by atoms with Gasteiger partial charge in [-0.25, -0.2) is 0 Å². The molecule has 0 aromatic rings. The van der Waals surface area contributed by atoms with Crippen LogP contribution in [0.25, 0.3) is 0 Å². The van der Waals surface area contributed by atoms with Gasteiger partial charge in [0.15, 0.2) is 0 Å². The monoisotopic (exact) mass is 348 g/mol. The zero-order valence-corrected chi connectivity index (χ0v) is 16.4. The van der Waals surface area contributed by atoms with Gasteiger partial charge in [-0.05, 0) is 46.5 Å². The minimum atomic E-state index is -0.188. The number of likely N-dealkylation sites (tertiary alicyclic amines) is 1. The predicted octanol–water partition coefficient (Wildman–Crippen LogP) is 4.13. The van der Waals surface area contributed by atoms with Crippen molar-refractivity contribution >= 4 is 11.8 Å². The number of carbonyl (C=O) groups is 2. The second-order valence-corrected chi connectivity index (χ2v) is 9.41. The van der Waals surface area contributed by atoms with Crippen molar-refractivity contribution in [2.24, 2.45) is 5.92 Å². The van der Waals surface area contributed by atoms with Gasteiger partial charge in [0, 0.05) is 30.6 Å². The lowest BCUT2D eigenvalue weighted by molar-refractivity contribution is -0.142. The van der Waals surface area contributed by atoms with E-state index in [1.807, 2.05) is 4.90 Å². The third-order valence-corrected chi connectivity index (χ3v) is 6.47. The fourth-order valence-corrected chi connectivity index (χ4v) is 5.11. The summed E-state index contributed by atoms with van der Waals surface area (Å²) in [7, 11) is 0. The van der Waals surface area contributed by atoms with Crippen LogP contribution in [0, 0.1) is 5.92 Å². The SMILES string of the molecule is CC(C)(C)N1CC(C(=O)N(C2CCCCC2)C2CCCCC2)CC1=O. The smallest absolute Gasteiger partial charge is 0.228 e. The van der Waals surface area contributed by atoms with Gasteiger partial charge in [-0.15, -0.1) is 0 Å². The van der Waals surface area contributed by atoms with Gasteiger partial charge in [0.05, 0.1) is 5.92 Å². The van der Waals surface area contributed by atoms with E-state index in [0.717, 1.165) is 25.7 Å². The van der Waals surface area contributed by atoms with E-state index in [4.69, 9.17) is 0 Å². The highest BCUT2D eigenvalue weighted by molar-refractivity contribution is 5.90. The third kappa shape index (κ3) is 4.20. The van der Waals surface area contributed by atoms with E-state index < -0.39 is 0 Å². The van der Waals surface area contributed by atoms with Crippen LogP contribution in [0.5, 0.6) is 0 Å². The van der Waals surface area contributed by atoms with E-state index in [1.54, 1.807) is 0 Å². The number of hydrogen-bond donors (Lipinski definition) is 0. The van der Waals surface area contributed by atoms with E-state index in [2.05, 4.69) is 25.7 Å². The van der Waals surface area contributed by atoms with Crippen molar-refractivity contribution in [3.8, 4) is 0 Å². The van der Waals surface area contributed by atoms with Crippen molar-refractivity contribution in [3.05, 3.63) is 0 Å². The number of carbonyl (C=O) groups excluding carboxylic acids is 2. The largest absolute Gasteiger partial charge is 0.337 e. The van der Waals surface area contributed by atoms with Crippen molar-refractivity contribution in [3.63, 3.8) is 0 Å². The highest BCUT2D eigenvalue weighted by Gasteiger charge is 2.43. The summed E-state index contributed by atoms with van der Waals surface area (Å²) in [5, 5.41) is 0. The molecule has 0 radical (unpaired) electrons. The maximum absolute atomic E-state index is 13.5. The Morgan fingerprint density at radius 3 is 1.80 bits per heavy atom. The lowest BCUT2D eigenvalue weighted by Gasteiger charge is -2.43. The van der Waals surface area contributed by atoms with E-state index >= 15 is 0 Å². The summed E-state index contributed by atoms with van der Waals surface area (Å²) >= 11 is 0. The van der Waals surface area contributed by atoms with Crippen LogP contribution < -0.4 is 0 Å². The Bertz CT molecular complexity index is 467. The van der Waals surface area contributed by atoms with Crippen LogP contribution in [0.4, 0.5) is 0 Å². The average Bonchev–Trinajstić information content (AvgIpc) is 2.99. The van der Waals surface area contributed by atoms with Gasteiger partial charge in [0.1, 0.15) is 0 Å². The quantitative estimate of drug-likeness (QED) is 0.769. The van der Waals surface area contributed by atoms with Gasteiger partial charge in [-0.2, -0.15) is 0 Å². The Balaban J connectivity index is 1.75. The maximum atomic E-state index is 13.5. The van der Waals surface area contributed by atoms with Crippen LogP contribution in [0.1, 0.15) is 91.4 Å². The molecule has 1 unspecified atom stereocenters. The van der Waals surface area contributed by atoms with E-state index in [-0.39, 0.29) is 23.3 Å². The molecular weight excluding hydrogens is 312 g/mol.